The molecule has 0 radical (unpaired) electrons. The first-order chi connectivity index (χ1) is 14.0. The van der Waals surface area contributed by atoms with E-state index in [1.165, 1.54) is 10.4 Å². The number of thiophene rings is 1. The van der Waals surface area contributed by atoms with Crippen LogP contribution in [0.5, 0.6) is 5.75 Å². The van der Waals surface area contributed by atoms with E-state index in [0.717, 1.165) is 33.4 Å². The van der Waals surface area contributed by atoms with Crippen molar-refractivity contribution in [3.05, 3.63) is 58.3 Å². The monoisotopic (exact) mass is 409 g/mol. The Kier molecular flexibility index (Phi) is 5.30. The maximum Gasteiger partial charge on any atom is 0.282 e. The Morgan fingerprint density at radius 1 is 1.21 bits per heavy atom. The van der Waals surface area contributed by atoms with Gasteiger partial charge in [-0.25, -0.2) is 0 Å². The molecule has 6 heteroatoms. The van der Waals surface area contributed by atoms with Gasteiger partial charge in [0.15, 0.2) is 6.04 Å². The van der Waals surface area contributed by atoms with Gasteiger partial charge in [0.2, 0.25) is 0 Å². The summed E-state index contributed by atoms with van der Waals surface area (Å²) in [6, 6.07) is 13.6. The highest BCUT2D eigenvalue weighted by molar-refractivity contribution is 7.10. The van der Waals surface area contributed by atoms with Crippen LogP contribution in [0.4, 0.5) is 5.69 Å². The topological polar surface area (TPSA) is 55.9 Å². The standard InChI is InChI=1S/C23H24N2O3S/c1-14-9-10-29-22(14)13-25(3)15(2)23(26)24-18-12-20-17(11-21(18)27-4)16-7-5-6-8-19(16)28-20/h5-12,15H,13H2,1-4H3,(H,24,26)/p+1/t15-/m0/s1. The van der Waals surface area contributed by atoms with Crippen molar-refractivity contribution in [3.63, 3.8) is 0 Å². The molecule has 150 valence electrons. The highest BCUT2D eigenvalue weighted by atomic mass is 32.1. The highest BCUT2D eigenvalue weighted by Crippen LogP contribution is 2.36. The molecule has 2 atom stereocenters. The number of rotatable bonds is 6. The van der Waals surface area contributed by atoms with Crippen molar-refractivity contribution in [1.82, 2.24) is 0 Å². The van der Waals surface area contributed by atoms with Crippen LogP contribution >= 0.6 is 11.3 Å². The maximum absolute atomic E-state index is 12.9. The van der Waals surface area contributed by atoms with E-state index in [9.17, 15) is 4.79 Å². The summed E-state index contributed by atoms with van der Waals surface area (Å²) >= 11 is 1.74. The predicted molar refractivity (Wildman–Crippen MR) is 118 cm³/mol. The van der Waals surface area contributed by atoms with Crippen LogP contribution in [-0.4, -0.2) is 26.1 Å². The smallest absolute Gasteiger partial charge is 0.282 e. The summed E-state index contributed by atoms with van der Waals surface area (Å²) in [5.41, 5.74) is 3.44. The van der Waals surface area contributed by atoms with E-state index in [2.05, 4.69) is 23.7 Å². The van der Waals surface area contributed by atoms with Crippen LogP contribution in [0, 0.1) is 6.92 Å². The number of aryl methyl sites for hydroxylation is 1. The Morgan fingerprint density at radius 2 is 2.00 bits per heavy atom. The molecular formula is C23H25N2O3S+. The van der Waals surface area contributed by atoms with Crippen molar-refractivity contribution >= 4 is 44.9 Å². The molecule has 2 aromatic heterocycles. The number of anilines is 1. The summed E-state index contributed by atoms with van der Waals surface area (Å²) in [5.74, 6) is 0.571. The predicted octanol–water partition coefficient (Wildman–Crippen LogP) is 4.01. The molecule has 0 aliphatic rings. The minimum Gasteiger partial charge on any atom is -0.495 e. The average Bonchev–Trinajstić information content (AvgIpc) is 3.29. The number of para-hydroxylation sites is 1. The lowest BCUT2D eigenvalue weighted by atomic mass is 10.1. The second-order valence-corrected chi connectivity index (χ2v) is 8.41. The molecule has 2 aromatic carbocycles. The average molecular weight is 410 g/mol. The number of hydrogen-bond donors (Lipinski definition) is 2. The van der Waals surface area contributed by atoms with Gasteiger partial charge in [0.1, 0.15) is 23.5 Å². The van der Waals surface area contributed by atoms with Gasteiger partial charge in [0.25, 0.3) is 5.91 Å². The number of quaternary nitrogens is 1. The Bertz CT molecular complexity index is 1180. The molecule has 0 spiro atoms. The number of benzene rings is 2. The Hall–Kier alpha value is -2.83. The molecule has 0 aliphatic heterocycles. The zero-order chi connectivity index (χ0) is 20.5. The Morgan fingerprint density at radius 3 is 2.72 bits per heavy atom. The van der Waals surface area contributed by atoms with Crippen LogP contribution < -0.4 is 15.0 Å². The minimum absolute atomic E-state index is 0.0505. The molecule has 5 nitrogen and oxygen atoms in total. The first kappa shape index (κ1) is 19.5. The van der Waals surface area contributed by atoms with Gasteiger partial charge in [-0.1, -0.05) is 18.2 Å². The molecule has 1 amide bonds. The number of fused-ring (bicyclic) bond motifs is 3. The number of ether oxygens (including phenoxy) is 1. The maximum atomic E-state index is 12.9. The lowest BCUT2D eigenvalue weighted by molar-refractivity contribution is -0.907. The number of methoxy groups -OCH3 is 1. The quantitative estimate of drug-likeness (QED) is 0.506. The van der Waals surface area contributed by atoms with E-state index < -0.39 is 0 Å². The number of carbonyl (C=O) groups excluding carboxylic acids is 1. The summed E-state index contributed by atoms with van der Waals surface area (Å²) in [6.07, 6.45) is 0. The molecule has 0 saturated heterocycles. The van der Waals surface area contributed by atoms with Crippen LogP contribution in [0.15, 0.2) is 52.3 Å². The van der Waals surface area contributed by atoms with Gasteiger partial charge in [-0.2, -0.15) is 0 Å². The minimum atomic E-state index is -0.215. The molecule has 0 fully saturated rings. The van der Waals surface area contributed by atoms with Crippen LogP contribution in [0.2, 0.25) is 0 Å². The number of likely N-dealkylation sites (N-methyl/N-ethyl adjacent to an activating group) is 1. The number of hydrogen-bond acceptors (Lipinski definition) is 4. The molecule has 4 rings (SSSR count). The Labute approximate surface area is 173 Å². The van der Waals surface area contributed by atoms with Crippen molar-refractivity contribution in [1.29, 1.82) is 0 Å². The lowest BCUT2D eigenvalue weighted by Gasteiger charge is -2.21. The zero-order valence-electron chi connectivity index (χ0n) is 17.0. The van der Waals surface area contributed by atoms with Gasteiger partial charge < -0.3 is 19.4 Å². The molecule has 0 saturated carbocycles. The second kappa shape index (κ2) is 7.89. The third-order valence-corrected chi connectivity index (χ3v) is 6.52. The SMILES string of the molecule is COc1cc2c(cc1NC(=O)[C@H](C)[NH+](C)Cc1sccc1C)oc1ccccc12. The van der Waals surface area contributed by atoms with Crippen molar-refractivity contribution in [2.45, 2.75) is 26.4 Å². The molecule has 4 aromatic rings. The van der Waals surface area contributed by atoms with Crippen LogP contribution in [0.1, 0.15) is 17.4 Å². The third kappa shape index (κ3) is 3.73. The fourth-order valence-corrected chi connectivity index (χ4v) is 4.48. The largest absolute Gasteiger partial charge is 0.495 e. The molecule has 1 unspecified atom stereocenters. The number of carbonyl (C=O) groups is 1. The van der Waals surface area contributed by atoms with Crippen LogP contribution in [0.25, 0.3) is 21.9 Å². The molecule has 2 N–H and O–H groups in total. The van der Waals surface area contributed by atoms with Crippen molar-refractivity contribution < 1.29 is 18.8 Å². The van der Waals surface area contributed by atoms with E-state index in [1.54, 1.807) is 18.4 Å². The number of nitrogens with one attached hydrogen (secondary N) is 2. The van der Waals surface area contributed by atoms with E-state index in [1.807, 2.05) is 50.4 Å². The molecule has 2 heterocycles. The third-order valence-electron chi connectivity index (χ3n) is 5.50. The van der Waals surface area contributed by atoms with Crippen molar-refractivity contribution in [3.8, 4) is 5.75 Å². The van der Waals surface area contributed by atoms with E-state index in [0.29, 0.717) is 11.4 Å². The van der Waals surface area contributed by atoms with Crippen molar-refractivity contribution in [2.24, 2.45) is 0 Å². The number of amides is 1. The molecule has 29 heavy (non-hydrogen) atoms. The van der Waals surface area contributed by atoms with Gasteiger partial charge >= 0.3 is 0 Å². The van der Waals surface area contributed by atoms with E-state index in [-0.39, 0.29) is 11.9 Å². The highest BCUT2D eigenvalue weighted by Gasteiger charge is 2.24. The summed E-state index contributed by atoms with van der Waals surface area (Å²) < 4.78 is 11.5. The van der Waals surface area contributed by atoms with Crippen molar-refractivity contribution in [2.75, 3.05) is 19.5 Å². The van der Waals surface area contributed by atoms with E-state index >= 15 is 0 Å². The number of furan rings is 1. The molecular weight excluding hydrogens is 384 g/mol. The van der Waals surface area contributed by atoms with Gasteiger partial charge in [-0.3, -0.25) is 4.79 Å². The fourth-order valence-electron chi connectivity index (χ4n) is 3.47. The molecule has 0 aliphatic carbocycles. The van der Waals surface area contributed by atoms with Crippen LogP contribution in [-0.2, 0) is 11.3 Å². The zero-order valence-corrected chi connectivity index (χ0v) is 17.9. The summed E-state index contributed by atoms with van der Waals surface area (Å²) in [4.78, 5) is 15.4. The van der Waals surface area contributed by atoms with Gasteiger partial charge in [-0.05, 0) is 43.0 Å². The van der Waals surface area contributed by atoms with Gasteiger partial charge in [0, 0.05) is 16.8 Å². The molecule has 0 bridgehead atoms. The summed E-state index contributed by atoms with van der Waals surface area (Å²) in [7, 11) is 3.66. The van der Waals surface area contributed by atoms with Crippen LogP contribution in [0.3, 0.4) is 0 Å². The van der Waals surface area contributed by atoms with E-state index in [4.69, 9.17) is 9.15 Å². The second-order valence-electron chi connectivity index (χ2n) is 7.41. The summed E-state index contributed by atoms with van der Waals surface area (Å²) in [6.45, 7) is 4.87. The lowest BCUT2D eigenvalue weighted by Crippen LogP contribution is -3.12. The summed E-state index contributed by atoms with van der Waals surface area (Å²) in [5, 5.41) is 7.13. The first-order valence-electron chi connectivity index (χ1n) is 9.63. The van der Waals surface area contributed by atoms with Gasteiger partial charge in [-0.15, -0.1) is 11.3 Å². The fraction of sp³-hybridized carbons (Fsp3) is 0.261. The van der Waals surface area contributed by atoms with Gasteiger partial charge in [0.05, 0.1) is 24.7 Å². The normalized spacial score (nSPS) is 13.5. The first-order valence-corrected chi connectivity index (χ1v) is 10.5. The Balaban J connectivity index is 1.58.